The van der Waals surface area contributed by atoms with Crippen LogP contribution in [0.5, 0.6) is 0 Å². The zero-order valence-electron chi connectivity index (χ0n) is 9.41. The van der Waals surface area contributed by atoms with Gasteiger partial charge in [0.25, 0.3) is 5.91 Å². The maximum Gasteiger partial charge on any atom is 0.433 e. The summed E-state index contributed by atoms with van der Waals surface area (Å²) < 4.78 is 4.78. The van der Waals surface area contributed by atoms with E-state index in [9.17, 15) is 14.9 Å². The fourth-order valence-electron chi connectivity index (χ4n) is 1.18. The van der Waals surface area contributed by atoms with E-state index < -0.39 is 16.7 Å². The highest BCUT2D eigenvalue weighted by molar-refractivity contribution is 5.91. The van der Waals surface area contributed by atoms with Crippen LogP contribution in [0.4, 0.5) is 5.88 Å². The molecule has 90 valence electrons. The van der Waals surface area contributed by atoms with Crippen molar-refractivity contribution in [1.82, 2.24) is 4.90 Å². The Morgan fingerprint density at radius 1 is 1.71 bits per heavy atom. The van der Waals surface area contributed by atoms with Crippen LogP contribution in [-0.2, 0) is 0 Å². The molecule has 0 bridgehead atoms. The Morgan fingerprint density at radius 2 is 2.35 bits per heavy atom. The van der Waals surface area contributed by atoms with Crippen molar-refractivity contribution in [2.24, 2.45) is 0 Å². The summed E-state index contributed by atoms with van der Waals surface area (Å²) in [6.45, 7) is 1.71. The van der Waals surface area contributed by atoms with E-state index in [4.69, 9.17) is 9.68 Å². The first kappa shape index (κ1) is 12.7. The van der Waals surface area contributed by atoms with E-state index >= 15 is 0 Å². The number of carbonyl (C=O) groups excluding carboxylic acids is 1. The van der Waals surface area contributed by atoms with E-state index in [0.29, 0.717) is 0 Å². The Morgan fingerprint density at radius 3 is 2.82 bits per heavy atom. The quantitative estimate of drug-likeness (QED) is 0.584. The molecule has 7 nitrogen and oxygen atoms in total. The average molecular weight is 237 g/mol. The molecule has 17 heavy (non-hydrogen) atoms. The molecule has 1 heterocycles. The van der Waals surface area contributed by atoms with Gasteiger partial charge in [0.2, 0.25) is 0 Å². The third-order valence-electron chi connectivity index (χ3n) is 2.35. The number of amides is 1. The summed E-state index contributed by atoms with van der Waals surface area (Å²) in [5, 5.41) is 18.9. The molecular formula is C10H11N3O4. The summed E-state index contributed by atoms with van der Waals surface area (Å²) in [6, 6.07) is 4.03. The lowest BCUT2D eigenvalue weighted by Crippen LogP contribution is -2.34. The fourth-order valence-corrected chi connectivity index (χ4v) is 1.18. The zero-order valence-corrected chi connectivity index (χ0v) is 9.41. The SMILES string of the molecule is CC(CC#N)N(C)C(=O)c1ccc([N+](=O)[O-])o1. The summed E-state index contributed by atoms with van der Waals surface area (Å²) in [5.74, 6) is -1.07. The van der Waals surface area contributed by atoms with Crippen LogP contribution in [0.1, 0.15) is 23.9 Å². The van der Waals surface area contributed by atoms with Crippen LogP contribution in [0.15, 0.2) is 16.5 Å². The fraction of sp³-hybridized carbons (Fsp3) is 0.400. The van der Waals surface area contributed by atoms with Crippen LogP contribution in [-0.4, -0.2) is 28.8 Å². The molecule has 0 aliphatic heterocycles. The molecule has 1 amide bonds. The van der Waals surface area contributed by atoms with Crippen LogP contribution in [0.3, 0.4) is 0 Å². The smallest absolute Gasteiger partial charge is 0.395 e. The lowest BCUT2D eigenvalue weighted by atomic mass is 10.2. The molecule has 0 aromatic carbocycles. The molecule has 1 unspecified atom stereocenters. The predicted molar refractivity (Wildman–Crippen MR) is 57.1 cm³/mol. The van der Waals surface area contributed by atoms with Crippen LogP contribution >= 0.6 is 0 Å². The topological polar surface area (TPSA) is 100 Å². The minimum atomic E-state index is -0.713. The van der Waals surface area contributed by atoms with Gasteiger partial charge in [-0.1, -0.05) is 0 Å². The number of rotatable bonds is 4. The number of nitriles is 1. The Kier molecular flexibility index (Phi) is 3.82. The molecular weight excluding hydrogens is 226 g/mol. The summed E-state index contributed by atoms with van der Waals surface area (Å²) in [6.07, 6.45) is 0.186. The Labute approximate surface area is 97.4 Å². The van der Waals surface area contributed by atoms with Crippen molar-refractivity contribution in [3.63, 3.8) is 0 Å². The van der Waals surface area contributed by atoms with E-state index in [2.05, 4.69) is 0 Å². The van der Waals surface area contributed by atoms with Crippen LogP contribution in [0.25, 0.3) is 0 Å². The number of nitro groups is 1. The highest BCUT2D eigenvalue weighted by atomic mass is 16.6. The van der Waals surface area contributed by atoms with Gasteiger partial charge < -0.3 is 9.32 Å². The van der Waals surface area contributed by atoms with Crippen molar-refractivity contribution in [3.8, 4) is 6.07 Å². The molecule has 0 aliphatic rings. The van der Waals surface area contributed by atoms with E-state index in [-0.39, 0.29) is 18.2 Å². The van der Waals surface area contributed by atoms with Gasteiger partial charge in [-0.2, -0.15) is 5.26 Å². The van der Waals surface area contributed by atoms with Gasteiger partial charge in [-0.05, 0) is 13.0 Å². The maximum absolute atomic E-state index is 11.8. The molecule has 1 atom stereocenters. The second-order valence-corrected chi connectivity index (χ2v) is 3.52. The first-order valence-electron chi connectivity index (χ1n) is 4.85. The second-order valence-electron chi connectivity index (χ2n) is 3.52. The van der Waals surface area contributed by atoms with Crippen molar-refractivity contribution < 1.29 is 14.1 Å². The zero-order chi connectivity index (χ0) is 13.0. The number of carbonyl (C=O) groups is 1. The normalized spacial score (nSPS) is 11.6. The molecule has 0 saturated carbocycles. The lowest BCUT2D eigenvalue weighted by Gasteiger charge is -2.21. The maximum atomic E-state index is 11.8. The van der Waals surface area contributed by atoms with Gasteiger partial charge in [-0.15, -0.1) is 0 Å². The molecule has 0 aliphatic carbocycles. The second kappa shape index (κ2) is 5.12. The predicted octanol–water partition coefficient (Wildman–Crippen LogP) is 1.56. The van der Waals surface area contributed by atoms with Crippen molar-refractivity contribution in [2.75, 3.05) is 7.05 Å². The molecule has 0 saturated heterocycles. The van der Waals surface area contributed by atoms with Gasteiger partial charge in [0.05, 0.1) is 18.6 Å². The molecule has 7 heteroatoms. The number of furan rings is 1. The summed E-state index contributed by atoms with van der Waals surface area (Å²) in [5.41, 5.74) is 0. The molecule has 1 rings (SSSR count). The standard InChI is InChI=1S/C10H11N3O4/c1-7(5-6-11)12(2)10(14)8-3-4-9(17-8)13(15)16/h3-4,7H,5H2,1-2H3. The first-order chi connectivity index (χ1) is 7.97. The molecule has 0 spiro atoms. The summed E-state index contributed by atoms with van der Waals surface area (Å²) >= 11 is 0. The Hall–Kier alpha value is -2.36. The largest absolute Gasteiger partial charge is 0.433 e. The van der Waals surface area contributed by atoms with Gasteiger partial charge in [0, 0.05) is 13.1 Å². The summed E-state index contributed by atoms with van der Waals surface area (Å²) in [7, 11) is 1.51. The third kappa shape index (κ3) is 2.81. The Bertz CT molecular complexity index is 474. The van der Waals surface area contributed by atoms with E-state index in [1.165, 1.54) is 18.0 Å². The number of hydrogen-bond acceptors (Lipinski definition) is 5. The van der Waals surface area contributed by atoms with Gasteiger partial charge in [-0.25, -0.2) is 0 Å². The van der Waals surface area contributed by atoms with Gasteiger partial charge in [0.15, 0.2) is 5.76 Å². The van der Waals surface area contributed by atoms with Crippen molar-refractivity contribution >= 4 is 11.8 Å². The monoisotopic (exact) mass is 237 g/mol. The minimum absolute atomic E-state index is 0.107. The van der Waals surface area contributed by atoms with Gasteiger partial charge >= 0.3 is 5.88 Å². The minimum Gasteiger partial charge on any atom is -0.395 e. The van der Waals surface area contributed by atoms with Crippen LogP contribution in [0, 0.1) is 21.4 Å². The van der Waals surface area contributed by atoms with Gasteiger partial charge in [-0.3, -0.25) is 14.9 Å². The summed E-state index contributed by atoms with van der Waals surface area (Å²) in [4.78, 5) is 22.8. The molecule has 0 fully saturated rings. The number of hydrogen-bond donors (Lipinski definition) is 0. The molecule has 1 aromatic rings. The van der Waals surface area contributed by atoms with E-state index in [1.54, 1.807) is 6.92 Å². The van der Waals surface area contributed by atoms with Crippen molar-refractivity contribution in [1.29, 1.82) is 5.26 Å². The van der Waals surface area contributed by atoms with E-state index in [0.717, 1.165) is 6.07 Å². The van der Waals surface area contributed by atoms with Crippen LogP contribution < -0.4 is 0 Å². The highest BCUT2D eigenvalue weighted by Gasteiger charge is 2.22. The number of nitrogens with zero attached hydrogens (tertiary/aromatic N) is 3. The molecule has 1 aromatic heterocycles. The van der Waals surface area contributed by atoms with Gasteiger partial charge in [0.1, 0.15) is 4.92 Å². The highest BCUT2D eigenvalue weighted by Crippen LogP contribution is 2.17. The van der Waals surface area contributed by atoms with E-state index in [1.807, 2.05) is 6.07 Å². The lowest BCUT2D eigenvalue weighted by molar-refractivity contribution is -0.402. The van der Waals surface area contributed by atoms with Crippen LogP contribution in [0.2, 0.25) is 0 Å². The van der Waals surface area contributed by atoms with Crippen molar-refractivity contribution in [2.45, 2.75) is 19.4 Å². The Balaban J connectivity index is 2.82. The first-order valence-corrected chi connectivity index (χ1v) is 4.85. The third-order valence-corrected chi connectivity index (χ3v) is 2.35. The van der Waals surface area contributed by atoms with Crippen molar-refractivity contribution in [3.05, 3.63) is 28.0 Å². The molecule has 0 radical (unpaired) electrons. The average Bonchev–Trinajstić information content (AvgIpc) is 2.76. The molecule has 0 N–H and O–H groups in total.